The van der Waals surface area contributed by atoms with E-state index in [-0.39, 0.29) is 6.10 Å². The molecule has 0 bridgehead atoms. The maximum Gasteiger partial charge on any atom is 0.323 e. The topological polar surface area (TPSA) is 75.8 Å². The predicted molar refractivity (Wildman–Crippen MR) is 61.3 cm³/mol. The summed E-state index contributed by atoms with van der Waals surface area (Å²) in [5.41, 5.74) is 4.56. The van der Waals surface area contributed by atoms with E-state index in [1.54, 1.807) is 6.92 Å². The van der Waals surface area contributed by atoms with E-state index in [1.807, 2.05) is 0 Å². The molecule has 1 rings (SSSR count). The average Bonchev–Trinajstić information content (AvgIpc) is 2.17. The summed E-state index contributed by atoms with van der Waals surface area (Å²) in [6.45, 7) is 7.13. The number of rotatable bonds is 5. The molecule has 5 heteroatoms. The average molecular weight is 230 g/mol. The molecular weight excluding hydrogens is 208 g/mol. The minimum Gasteiger partial charge on any atom is -0.480 e. The van der Waals surface area contributed by atoms with Gasteiger partial charge in [0.25, 0.3) is 0 Å². The van der Waals surface area contributed by atoms with Crippen molar-refractivity contribution < 1.29 is 14.6 Å². The van der Waals surface area contributed by atoms with Crippen LogP contribution in [0.4, 0.5) is 0 Å². The van der Waals surface area contributed by atoms with Gasteiger partial charge < -0.3 is 15.6 Å². The van der Waals surface area contributed by atoms with Crippen LogP contribution < -0.4 is 5.73 Å². The summed E-state index contributed by atoms with van der Waals surface area (Å²) in [4.78, 5) is 13.1. The van der Waals surface area contributed by atoms with E-state index in [0.717, 1.165) is 32.7 Å². The molecule has 1 heterocycles. The van der Waals surface area contributed by atoms with Crippen molar-refractivity contribution in [2.75, 3.05) is 26.2 Å². The van der Waals surface area contributed by atoms with E-state index in [1.165, 1.54) is 0 Å². The van der Waals surface area contributed by atoms with E-state index in [2.05, 4.69) is 11.8 Å². The van der Waals surface area contributed by atoms with Gasteiger partial charge in [-0.15, -0.1) is 0 Å². The van der Waals surface area contributed by atoms with Crippen molar-refractivity contribution in [1.29, 1.82) is 0 Å². The molecule has 0 aliphatic carbocycles. The Kier molecular flexibility index (Phi) is 4.70. The number of aliphatic carboxylic acids is 1. The molecular formula is C11H22N2O3. The lowest BCUT2D eigenvalue weighted by molar-refractivity contribution is -0.143. The molecule has 0 aromatic heterocycles. The second-order valence-corrected chi connectivity index (χ2v) is 4.81. The smallest absolute Gasteiger partial charge is 0.323 e. The Labute approximate surface area is 96.6 Å². The first-order chi connectivity index (χ1) is 7.42. The van der Waals surface area contributed by atoms with Crippen LogP contribution in [0.3, 0.4) is 0 Å². The van der Waals surface area contributed by atoms with Gasteiger partial charge in [0.2, 0.25) is 0 Å². The fourth-order valence-corrected chi connectivity index (χ4v) is 1.87. The Bertz CT molecular complexity index is 243. The van der Waals surface area contributed by atoms with Crippen molar-refractivity contribution in [2.45, 2.75) is 38.3 Å². The zero-order chi connectivity index (χ0) is 12.2. The molecule has 3 N–H and O–H groups in total. The van der Waals surface area contributed by atoms with Crippen molar-refractivity contribution in [3.8, 4) is 0 Å². The number of nitrogens with zero attached hydrogens (tertiary/aromatic N) is 1. The molecule has 1 aliphatic heterocycles. The van der Waals surface area contributed by atoms with Crippen LogP contribution in [0, 0.1) is 0 Å². The molecule has 0 radical (unpaired) electrons. The van der Waals surface area contributed by atoms with Gasteiger partial charge in [-0.25, -0.2) is 0 Å². The van der Waals surface area contributed by atoms with Crippen molar-refractivity contribution >= 4 is 5.97 Å². The number of hydrogen-bond acceptors (Lipinski definition) is 4. The lowest BCUT2D eigenvalue weighted by atomic mass is 9.97. The molecule has 1 fully saturated rings. The van der Waals surface area contributed by atoms with E-state index in [0.29, 0.717) is 6.42 Å². The minimum atomic E-state index is -1.10. The Morgan fingerprint density at radius 3 is 2.94 bits per heavy atom. The Hall–Kier alpha value is -0.650. The quantitative estimate of drug-likeness (QED) is 0.710. The SMILES string of the molecule is CC1CN(CCCC(C)(N)C(=O)O)CCO1. The van der Waals surface area contributed by atoms with Gasteiger partial charge in [-0.2, -0.15) is 0 Å². The zero-order valence-electron chi connectivity index (χ0n) is 10.1. The molecule has 94 valence electrons. The molecule has 5 nitrogen and oxygen atoms in total. The molecule has 2 unspecified atom stereocenters. The predicted octanol–water partition coefficient (Wildman–Crippen LogP) is 0.289. The van der Waals surface area contributed by atoms with Gasteiger partial charge in [-0.3, -0.25) is 9.69 Å². The summed E-state index contributed by atoms with van der Waals surface area (Å²) in [5, 5.41) is 8.86. The third-order valence-corrected chi connectivity index (χ3v) is 2.98. The molecule has 0 saturated carbocycles. The van der Waals surface area contributed by atoms with Crippen LogP contribution in [0.25, 0.3) is 0 Å². The summed E-state index contributed by atoms with van der Waals surface area (Å²) in [5.74, 6) is -0.928. The number of morpholine rings is 1. The molecule has 16 heavy (non-hydrogen) atoms. The van der Waals surface area contributed by atoms with E-state index >= 15 is 0 Å². The van der Waals surface area contributed by atoms with E-state index in [4.69, 9.17) is 15.6 Å². The van der Waals surface area contributed by atoms with Crippen LogP contribution in [0.15, 0.2) is 0 Å². The highest BCUT2D eigenvalue weighted by Crippen LogP contribution is 2.11. The number of hydrogen-bond donors (Lipinski definition) is 2. The standard InChI is InChI=1S/C11H22N2O3/c1-9-8-13(6-7-16-9)5-3-4-11(2,12)10(14)15/h9H,3-8,12H2,1-2H3,(H,14,15). The number of ether oxygens (including phenoxy) is 1. The van der Waals surface area contributed by atoms with Gasteiger partial charge in [0.1, 0.15) is 5.54 Å². The highest BCUT2D eigenvalue weighted by Gasteiger charge is 2.27. The third-order valence-electron chi connectivity index (χ3n) is 2.98. The molecule has 1 saturated heterocycles. The summed E-state index contributed by atoms with van der Waals surface area (Å²) >= 11 is 0. The second kappa shape index (κ2) is 5.61. The lowest BCUT2D eigenvalue weighted by Crippen LogP contribution is -2.46. The van der Waals surface area contributed by atoms with Gasteiger partial charge in [0.05, 0.1) is 12.7 Å². The number of carboxylic acids is 1. The molecule has 0 spiro atoms. The first-order valence-electron chi connectivity index (χ1n) is 5.78. The zero-order valence-corrected chi connectivity index (χ0v) is 10.1. The van der Waals surface area contributed by atoms with Crippen molar-refractivity contribution in [2.24, 2.45) is 5.73 Å². The first kappa shape index (κ1) is 13.4. The van der Waals surface area contributed by atoms with E-state index < -0.39 is 11.5 Å². The molecule has 0 aromatic rings. The highest BCUT2D eigenvalue weighted by molar-refractivity contribution is 5.77. The van der Waals surface area contributed by atoms with Gasteiger partial charge >= 0.3 is 5.97 Å². The van der Waals surface area contributed by atoms with Gasteiger partial charge in [-0.1, -0.05) is 0 Å². The normalized spacial score (nSPS) is 26.3. The van der Waals surface area contributed by atoms with Gasteiger partial charge in [-0.05, 0) is 33.2 Å². The lowest BCUT2D eigenvalue weighted by Gasteiger charge is -2.31. The first-order valence-corrected chi connectivity index (χ1v) is 5.78. The van der Waals surface area contributed by atoms with Crippen LogP contribution in [-0.4, -0.2) is 53.9 Å². The maximum atomic E-state index is 10.8. The number of carbonyl (C=O) groups is 1. The summed E-state index contributed by atoms with van der Waals surface area (Å²) in [7, 11) is 0. The van der Waals surface area contributed by atoms with Gasteiger partial charge in [0, 0.05) is 13.1 Å². The van der Waals surface area contributed by atoms with Crippen molar-refractivity contribution in [3.05, 3.63) is 0 Å². The molecule has 2 atom stereocenters. The van der Waals surface area contributed by atoms with Crippen molar-refractivity contribution in [1.82, 2.24) is 4.90 Å². The Morgan fingerprint density at radius 2 is 2.38 bits per heavy atom. The second-order valence-electron chi connectivity index (χ2n) is 4.81. The Morgan fingerprint density at radius 1 is 1.69 bits per heavy atom. The fourth-order valence-electron chi connectivity index (χ4n) is 1.87. The summed E-state index contributed by atoms with van der Waals surface area (Å²) < 4.78 is 5.43. The number of nitrogens with two attached hydrogens (primary N) is 1. The van der Waals surface area contributed by atoms with Crippen LogP contribution in [-0.2, 0) is 9.53 Å². The third kappa shape index (κ3) is 4.08. The van der Waals surface area contributed by atoms with Crippen LogP contribution >= 0.6 is 0 Å². The Balaban J connectivity index is 2.22. The molecule has 1 aliphatic rings. The highest BCUT2D eigenvalue weighted by atomic mass is 16.5. The largest absolute Gasteiger partial charge is 0.480 e. The monoisotopic (exact) mass is 230 g/mol. The number of carboxylic acid groups (broad SMARTS) is 1. The summed E-state index contributed by atoms with van der Waals surface area (Å²) in [6.07, 6.45) is 1.59. The van der Waals surface area contributed by atoms with E-state index in [9.17, 15) is 4.79 Å². The van der Waals surface area contributed by atoms with Crippen LogP contribution in [0.1, 0.15) is 26.7 Å². The fraction of sp³-hybridized carbons (Fsp3) is 0.909. The van der Waals surface area contributed by atoms with Gasteiger partial charge in [0.15, 0.2) is 0 Å². The minimum absolute atomic E-state index is 0.275. The molecule has 0 aromatic carbocycles. The van der Waals surface area contributed by atoms with Crippen LogP contribution in [0.2, 0.25) is 0 Å². The molecule has 0 amide bonds. The maximum absolute atomic E-state index is 10.8. The van der Waals surface area contributed by atoms with Crippen molar-refractivity contribution in [3.63, 3.8) is 0 Å². The summed E-state index contributed by atoms with van der Waals surface area (Å²) in [6, 6.07) is 0. The van der Waals surface area contributed by atoms with Crippen LogP contribution in [0.5, 0.6) is 0 Å².